The van der Waals surface area contributed by atoms with Crippen LogP contribution in [0.3, 0.4) is 0 Å². The lowest BCUT2D eigenvalue weighted by molar-refractivity contribution is 0.287. The number of nitrogens with zero attached hydrogens (tertiary/aromatic N) is 1. The van der Waals surface area contributed by atoms with Crippen LogP contribution in [0.1, 0.15) is 33.6 Å². The number of rotatable bonds is 5. The van der Waals surface area contributed by atoms with Gasteiger partial charge in [0.1, 0.15) is 0 Å². The Morgan fingerprint density at radius 1 is 1.50 bits per heavy atom. The smallest absolute Gasteiger partial charge is 0.248 e. The SMILES string of the molecule is CCC(C)(CC)C(C#N)[Si]OC. The van der Waals surface area contributed by atoms with Gasteiger partial charge in [-0.3, -0.25) is 0 Å². The van der Waals surface area contributed by atoms with Crippen molar-refractivity contribution in [1.82, 2.24) is 0 Å². The molecule has 12 heavy (non-hydrogen) atoms. The van der Waals surface area contributed by atoms with E-state index in [-0.39, 0.29) is 11.0 Å². The molecule has 0 heterocycles. The molecule has 0 saturated heterocycles. The molecule has 0 fully saturated rings. The van der Waals surface area contributed by atoms with Crippen LogP contribution in [0.2, 0.25) is 5.54 Å². The van der Waals surface area contributed by atoms with Crippen molar-refractivity contribution in [2.45, 2.75) is 39.2 Å². The van der Waals surface area contributed by atoms with Crippen molar-refractivity contribution in [3.8, 4) is 6.07 Å². The molecule has 2 nitrogen and oxygen atoms in total. The van der Waals surface area contributed by atoms with Crippen molar-refractivity contribution in [1.29, 1.82) is 5.26 Å². The lowest BCUT2D eigenvalue weighted by atomic mass is 9.81. The summed E-state index contributed by atoms with van der Waals surface area (Å²) in [5.74, 6) is 0. The van der Waals surface area contributed by atoms with E-state index >= 15 is 0 Å². The highest BCUT2D eigenvalue weighted by Gasteiger charge is 2.31. The summed E-state index contributed by atoms with van der Waals surface area (Å²) in [6, 6.07) is 2.33. The topological polar surface area (TPSA) is 33.0 Å². The van der Waals surface area contributed by atoms with Gasteiger partial charge in [0.15, 0.2) is 0 Å². The van der Waals surface area contributed by atoms with Crippen molar-refractivity contribution < 1.29 is 4.43 Å². The molecule has 0 rings (SSSR count). The van der Waals surface area contributed by atoms with Crippen LogP contribution in [0.5, 0.6) is 0 Å². The van der Waals surface area contributed by atoms with Crippen LogP contribution in [0.4, 0.5) is 0 Å². The first kappa shape index (κ1) is 11.7. The van der Waals surface area contributed by atoms with Crippen LogP contribution in [0.25, 0.3) is 0 Å². The number of hydrogen-bond acceptors (Lipinski definition) is 2. The molecule has 3 heteroatoms. The van der Waals surface area contributed by atoms with Gasteiger partial charge in [0.25, 0.3) is 0 Å². The molecule has 0 saturated carbocycles. The van der Waals surface area contributed by atoms with Crippen LogP contribution in [-0.4, -0.2) is 16.9 Å². The molecule has 0 N–H and O–H groups in total. The Morgan fingerprint density at radius 3 is 2.25 bits per heavy atom. The quantitative estimate of drug-likeness (QED) is 0.613. The summed E-state index contributed by atoms with van der Waals surface area (Å²) in [6.45, 7) is 6.43. The first-order valence-corrected chi connectivity index (χ1v) is 5.31. The van der Waals surface area contributed by atoms with Crippen molar-refractivity contribution >= 4 is 9.76 Å². The lowest BCUT2D eigenvalue weighted by Gasteiger charge is -2.30. The maximum absolute atomic E-state index is 8.93. The van der Waals surface area contributed by atoms with Gasteiger partial charge in [-0.15, -0.1) is 0 Å². The molecule has 2 radical (unpaired) electrons. The maximum atomic E-state index is 8.93. The summed E-state index contributed by atoms with van der Waals surface area (Å²) in [5.41, 5.74) is 0.181. The third-order valence-electron chi connectivity index (χ3n) is 2.68. The van der Waals surface area contributed by atoms with Crippen molar-refractivity contribution in [3.63, 3.8) is 0 Å². The average molecular weight is 183 g/mol. The Labute approximate surface area is 77.9 Å². The standard InChI is InChI=1S/C9H17NOSi/c1-5-9(3,6-2)8(7-10)12-11-4/h8H,5-6H2,1-4H3. The zero-order chi connectivity index (χ0) is 9.61. The predicted octanol–water partition coefficient (Wildman–Crippen LogP) is 2.39. The summed E-state index contributed by atoms with van der Waals surface area (Å²) in [4.78, 5) is 0. The third kappa shape index (κ3) is 2.61. The Bertz CT molecular complexity index is 160. The average Bonchev–Trinajstić information content (AvgIpc) is 2.13. The van der Waals surface area contributed by atoms with Gasteiger partial charge < -0.3 is 4.43 Å². The summed E-state index contributed by atoms with van der Waals surface area (Å²) < 4.78 is 5.05. The first-order chi connectivity index (χ1) is 5.64. The van der Waals surface area contributed by atoms with Crippen LogP contribution in [0.15, 0.2) is 0 Å². The summed E-state index contributed by atoms with van der Waals surface area (Å²) in [7, 11) is 1.97. The molecule has 1 unspecified atom stereocenters. The van der Waals surface area contributed by atoms with Crippen molar-refractivity contribution in [2.75, 3.05) is 7.11 Å². The molecule has 0 spiro atoms. The fourth-order valence-corrected chi connectivity index (χ4v) is 2.08. The van der Waals surface area contributed by atoms with Crippen molar-refractivity contribution in [2.24, 2.45) is 5.41 Å². The second-order valence-corrected chi connectivity index (χ2v) is 4.47. The van der Waals surface area contributed by atoms with Gasteiger partial charge in [0, 0.05) is 7.11 Å². The van der Waals surface area contributed by atoms with Crippen LogP contribution in [-0.2, 0) is 4.43 Å². The fraction of sp³-hybridized carbons (Fsp3) is 0.889. The molecule has 0 amide bonds. The Kier molecular flexibility index (Phi) is 5.19. The van der Waals surface area contributed by atoms with E-state index in [0.29, 0.717) is 9.76 Å². The maximum Gasteiger partial charge on any atom is 0.248 e. The van der Waals surface area contributed by atoms with Crippen LogP contribution in [0, 0.1) is 16.7 Å². The molecule has 0 aromatic heterocycles. The van der Waals surface area contributed by atoms with Gasteiger partial charge in [-0.05, 0) is 18.3 Å². The van der Waals surface area contributed by atoms with E-state index < -0.39 is 0 Å². The highest BCUT2D eigenvalue weighted by Crippen LogP contribution is 2.37. The van der Waals surface area contributed by atoms with Gasteiger partial charge in [0.05, 0.1) is 11.6 Å². The zero-order valence-corrected chi connectivity index (χ0v) is 9.35. The Morgan fingerprint density at radius 2 is 2.00 bits per heavy atom. The summed E-state index contributed by atoms with van der Waals surface area (Å²) in [5, 5.41) is 8.93. The Hall–Kier alpha value is -0.333. The lowest BCUT2D eigenvalue weighted by Crippen LogP contribution is -2.25. The van der Waals surface area contributed by atoms with Gasteiger partial charge in [0.2, 0.25) is 9.76 Å². The van der Waals surface area contributed by atoms with E-state index in [2.05, 4.69) is 26.8 Å². The molecule has 0 bridgehead atoms. The zero-order valence-electron chi connectivity index (χ0n) is 8.35. The van der Waals surface area contributed by atoms with Gasteiger partial charge in [-0.1, -0.05) is 20.8 Å². The third-order valence-corrected chi connectivity index (χ3v) is 3.97. The minimum absolute atomic E-state index is 0.0532. The second-order valence-electron chi connectivity index (χ2n) is 3.25. The normalized spacial score (nSPS) is 13.9. The number of nitriles is 1. The highest BCUT2D eigenvalue weighted by molar-refractivity contribution is 6.31. The minimum atomic E-state index is 0.0532. The largest absolute Gasteiger partial charge is 0.419 e. The number of hydrogen-bond donors (Lipinski definition) is 0. The van der Waals surface area contributed by atoms with E-state index in [4.69, 9.17) is 9.69 Å². The molecule has 0 aliphatic carbocycles. The van der Waals surface area contributed by atoms with Crippen LogP contribution >= 0.6 is 0 Å². The molecule has 1 atom stereocenters. The molecule has 0 aliphatic heterocycles. The van der Waals surface area contributed by atoms with E-state index in [1.807, 2.05) is 0 Å². The van der Waals surface area contributed by atoms with E-state index in [9.17, 15) is 0 Å². The van der Waals surface area contributed by atoms with E-state index in [1.165, 1.54) is 0 Å². The molecule has 0 aromatic carbocycles. The van der Waals surface area contributed by atoms with Gasteiger partial charge >= 0.3 is 0 Å². The summed E-state index contributed by atoms with van der Waals surface area (Å²) >= 11 is 0. The minimum Gasteiger partial charge on any atom is -0.419 e. The second kappa shape index (κ2) is 5.34. The molecule has 68 valence electrons. The van der Waals surface area contributed by atoms with Crippen LogP contribution < -0.4 is 0 Å². The molecule has 0 aromatic rings. The fourth-order valence-electron chi connectivity index (χ4n) is 1.10. The Balaban J connectivity index is 4.35. The monoisotopic (exact) mass is 183 g/mol. The molecular formula is C9H17NOSi. The first-order valence-electron chi connectivity index (χ1n) is 4.32. The summed E-state index contributed by atoms with van der Waals surface area (Å²) in [6.07, 6.45) is 2.08. The molecule has 0 aliphatic rings. The van der Waals surface area contributed by atoms with E-state index in [0.717, 1.165) is 12.8 Å². The van der Waals surface area contributed by atoms with Gasteiger partial charge in [-0.25, -0.2) is 0 Å². The molecular weight excluding hydrogens is 166 g/mol. The van der Waals surface area contributed by atoms with E-state index in [1.54, 1.807) is 7.11 Å². The van der Waals surface area contributed by atoms with Gasteiger partial charge in [-0.2, -0.15) is 5.26 Å². The predicted molar refractivity (Wildman–Crippen MR) is 50.8 cm³/mol. The van der Waals surface area contributed by atoms with Crippen molar-refractivity contribution in [3.05, 3.63) is 0 Å². The highest BCUT2D eigenvalue weighted by atomic mass is 28.2.